The molecule has 134 valence electrons. The van der Waals surface area contributed by atoms with Gasteiger partial charge in [-0.15, -0.1) is 0 Å². The molecule has 1 aromatic carbocycles. The number of benzene rings is 1. The lowest BCUT2D eigenvalue weighted by Gasteiger charge is -2.14. The fourth-order valence-corrected chi connectivity index (χ4v) is 2.31. The molecule has 0 aliphatic rings. The normalized spacial score (nSPS) is 12.1. The molecular formula is C18H26F2N2O2. The quantitative estimate of drug-likeness (QED) is 0.724. The van der Waals surface area contributed by atoms with Gasteiger partial charge in [0.05, 0.1) is 5.56 Å². The number of amides is 2. The first-order chi connectivity index (χ1) is 11.3. The van der Waals surface area contributed by atoms with Crippen LogP contribution in [0, 0.1) is 17.6 Å². The van der Waals surface area contributed by atoms with E-state index in [0.717, 1.165) is 31.4 Å². The summed E-state index contributed by atoms with van der Waals surface area (Å²) in [6, 6.07) is 2.84. The third kappa shape index (κ3) is 7.53. The number of hydrogen-bond donors (Lipinski definition) is 2. The predicted octanol–water partition coefficient (Wildman–Crippen LogP) is 3.42. The zero-order chi connectivity index (χ0) is 18.1. The Labute approximate surface area is 142 Å². The Morgan fingerprint density at radius 1 is 1.12 bits per heavy atom. The van der Waals surface area contributed by atoms with E-state index in [-0.39, 0.29) is 30.5 Å². The highest BCUT2D eigenvalue weighted by Crippen LogP contribution is 2.09. The van der Waals surface area contributed by atoms with Crippen molar-refractivity contribution in [3.05, 3.63) is 35.4 Å². The fourth-order valence-electron chi connectivity index (χ4n) is 2.31. The van der Waals surface area contributed by atoms with Crippen molar-refractivity contribution in [2.24, 2.45) is 5.92 Å². The molecule has 0 spiro atoms. The lowest BCUT2D eigenvalue weighted by atomic mass is 10.0. The molecule has 0 saturated heterocycles. The van der Waals surface area contributed by atoms with E-state index >= 15 is 0 Å². The summed E-state index contributed by atoms with van der Waals surface area (Å²) in [5.41, 5.74) is -0.237. The maximum atomic E-state index is 13.5. The van der Waals surface area contributed by atoms with E-state index in [4.69, 9.17) is 0 Å². The molecule has 0 fully saturated rings. The van der Waals surface area contributed by atoms with Crippen LogP contribution in [0.3, 0.4) is 0 Å². The second kappa shape index (κ2) is 10.0. The number of halogens is 2. The predicted molar refractivity (Wildman–Crippen MR) is 89.6 cm³/mol. The number of nitrogens with one attached hydrogen (secondary N) is 2. The van der Waals surface area contributed by atoms with Crippen molar-refractivity contribution in [2.45, 2.75) is 52.5 Å². The van der Waals surface area contributed by atoms with Crippen LogP contribution in [-0.4, -0.2) is 24.4 Å². The summed E-state index contributed by atoms with van der Waals surface area (Å²) < 4.78 is 26.3. The number of carbonyl (C=O) groups is 2. The van der Waals surface area contributed by atoms with E-state index in [1.807, 2.05) is 6.92 Å². The summed E-state index contributed by atoms with van der Waals surface area (Å²) in [6.45, 7) is 6.37. The van der Waals surface area contributed by atoms with Gasteiger partial charge in [0.15, 0.2) is 0 Å². The summed E-state index contributed by atoms with van der Waals surface area (Å²) in [5, 5.41) is 5.33. The van der Waals surface area contributed by atoms with E-state index < -0.39 is 17.5 Å². The topological polar surface area (TPSA) is 58.2 Å². The van der Waals surface area contributed by atoms with Gasteiger partial charge in [0.2, 0.25) is 5.91 Å². The van der Waals surface area contributed by atoms with Crippen molar-refractivity contribution >= 4 is 11.8 Å². The minimum absolute atomic E-state index is 0.0847. The zero-order valence-corrected chi connectivity index (χ0v) is 14.5. The van der Waals surface area contributed by atoms with E-state index in [2.05, 4.69) is 24.5 Å². The van der Waals surface area contributed by atoms with Gasteiger partial charge in [-0.2, -0.15) is 0 Å². The maximum Gasteiger partial charge on any atom is 0.254 e. The average molecular weight is 340 g/mol. The second-order valence-electron chi connectivity index (χ2n) is 6.42. The third-order valence-corrected chi connectivity index (χ3v) is 3.64. The van der Waals surface area contributed by atoms with Crippen LogP contribution < -0.4 is 10.6 Å². The first kappa shape index (κ1) is 20.1. The van der Waals surface area contributed by atoms with Gasteiger partial charge in [-0.1, -0.05) is 26.7 Å². The third-order valence-electron chi connectivity index (χ3n) is 3.64. The highest BCUT2D eigenvalue weighted by molar-refractivity contribution is 5.94. The van der Waals surface area contributed by atoms with Crippen molar-refractivity contribution in [3.63, 3.8) is 0 Å². The molecule has 24 heavy (non-hydrogen) atoms. The molecule has 0 aliphatic heterocycles. The molecule has 0 heterocycles. The summed E-state index contributed by atoms with van der Waals surface area (Å²) in [4.78, 5) is 23.6. The van der Waals surface area contributed by atoms with Gasteiger partial charge in [-0.05, 0) is 31.4 Å². The van der Waals surface area contributed by atoms with E-state index in [1.54, 1.807) is 0 Å². The van der Waals surface area contributed by atoms with Crippen LogP contribution in [0.2, 0.25) is 0 Å². The van der Waals surface area contributed by atoms with E-state index in [0.29, 0.717) is 12.0 Å². The number of carbonyl (C=O) groups excluding carboxylic acids is 2. The molecule has 6 heteroatoms. The van der Waals surface area contributed by atoms with Crippen LogP contribution in [-0.2, 0) is 4.79 Å². The van der Waals surface area contributed by atoms with Gasteiger partial charge in [0.1, 0.15) is 11.6 Å². The smallest absolute Gasteiger partial charge is 0.254 e. The van der Waals surface area contributed by atoms with Crippen molar-refractivity contribution in [1.29, 1.82) is 0 Å². The molecule has 0 saturated carbocycles. The van der Waals surface area contributed by atoms with Gasteiger partial charge in [-0.25, -0.2) is 8.78 Å². The number of hydrogen-bond acceptors (Lipinski definition) is 2. The van der Waals surface area contributed by atoms with Gasteiger partial charge in [0.25, 0.3) is 5.91 Å². The Kier molecular flexibility index (Phi) is 8.36. The minimum atomic E-state index is -0.921. The van der Waals surface area contributed by atoms with Gasteiger partial charge < -0.3 is 10.6 Å². The molecule has 1 aromatic rings. The van der Waals surface area contributed by atoms with Crippen molar-refractivity contribution < 1.29 is 18.4 Å². The highest BCUT2D eigenvalue weighted by Gasteiger charge is 2.13. The van der Waals surface area contributed by atoms with E-state index in [1.165, 1.54) is 0 Å². The Morgan fingerprint density at radius 3 is 2.46 bits per heavy atom. The summed E-state index contributed by atoms with van der Waals surface area (Å²) in [5.74, 6) is -1.84. The first-order valence-corrected chi connectivity index (χ1v) is 8.32. The van der Waals surface area contributed by atoms with Crippen LogP contribution in [0.15, 0.2) is 18.2 Å². The number of rotatable bonds is 9. The first-order valence-electron chi connectivity index (χ1n) is 8.32. The molecule has 1 rings (SSSR count). The molecular weight excluding hydrogens is 314 g/mol. The largest absolute Gasteiger partial charge is 0.354 e. The van der Waals surface area contributed by atoms with Crippen molar-refractivity contribution in [3.8, 4) is 0 Å². The fraction of sp³-hybridized carbons (Fsp3) is 0.556. The van der Waals surface area contributed by atoms with Gasteiger partial charge >= 0.3 is 0 Å². The SMILES string of the molecule is CC(C)CCCC(C)NC(=O)CCNC(=O)c1ccc(F)cc1F. The Morgan fingerprint density at radius 2 is 1.83 bits per heavy atom. The molecule has 2 amide bonds. The average Bonchev–Trinajstić information content (AvgIpc) is 2.46. The standard InChI is InChI=1S/C18H26F2N2O2/c1-12(2)5-4-6-13(3)22-17(23)9-10-21-18(24)15-8-7-14(19)11-16(15)20/h7-8,11-13H,4-6,9-10H2,1-3H3,(H,21,24)(H,22,23). The van der Waals surface area contributed by atoms with Crippen LogP contribution in [0.5, 0.6) is 0 Å². The lowest BCUT2D eigenvalue weighted by Crippen LogP contribution is -2.35. The van der Waals surface area contributed by atoms with Crippen LogP contribution in [0.25, 0.3) is 0 Å². The Bertz CT molecular complexity index is 562. The maximum absolute atomic E-state index is 13.5. The molecule has 4 nitrogen and oxygen atoms in total. The Hall–Kier alpha value is -1.98. The molecule has 1 atom stereocenters. The minimum Gasteiger partial charge on any atom is -0.354 e. The van der Waals surface area contributed by atoms with Crippen LogP contribution in [0.4, 0.5) is 8.78 Å². The van der Waals surface area contributed by atoms with E-state index in [9.17, 15) is 18.4 Å². The molecule has 1 unspecified atom stereocenters. The van der Waals surface area contributed by atoms with Crippen molar-refractivity contribution in [1.82, 2.24) is 10.6 Å². The molecule has 2 N–H and O–H groups in total. The van der Waals surface area contributed by atoms with Crippen LogP contribution in [0.1, 0.15) is 56.8 Å². The zero-order valence-electron chi connectivity index (χ0n) is 14.5. The molecule has 0 bridgehead atoms. The molecule has 0 aliphatic carbocycles. The lowest BCUT2D eigenvalue weighted by molar-refractivity contribution is -0.121. The Balaban J connectivity index is 2.28. The summed E-state index contributed by atoms with van der Waals surface area (Å²) >= 11 is 0. The second-order valence-corrected chi connectivity index (χ2v) is 6.42. The van der Waals surface area contributed by atoms with Crippen LogP contribution >= 0.6 is 0 Å². The van der Waals surface area contributed by atoms with Crippen molar-refractivity contribution in [2.75, 3.05) is 6.54 Å². The van der Waals surface area contributed by atoms with Gasteiger partial charge in [-0.3, -0.25) is 9.59 Å². The summed E-state index contributed by atoms with van der Waals surface area (Å²) in [6.07, 6.45) is 3.21. The molecule has 0 radical (unpaired) electrons. The molecule has 0 aromatic heterocycles. The highest BCUT2D eigenvalue weighted by atomic mass is 19.1. The monoisotopic (exact) mass is 340 g/mol. The summed E-state index contributed by atoms with van der Waals surface area (Å²) in [7, 11) is 0. The van der Waals surface area contributed by atoms with Gasteiger partial charge in [0, 0.05) is 25.1 Å².